The highest BCUT2D eigenvalue weighted by atomic mass is 35.5. The summed E-state index contributed by atoms with van der Waals surface area (Å²) in [5, 5.41) is 4.17. The van der Waals surface area contributed by atoms with E-state index in [4.69, 9.17) is 23.2 Å². The third-order valence-corrected chi connectivity index (χ3v) is 3.36. The number of alkyl halides is 1. The van der Waals surface area contributed by atoms with E-state index < -0.39 is 5.82 Å². The van der Waals surface area contributed by atoms with Gasteiger partial charge in [0, 0.05) is 19.3 Å². The van der Waals surface area contributed by atoms with Gasteiger partial charge in [-0.15, -0.1) is 11.6 Å². The van der Waals surface area contributed by atoms with Crippen LogP contribution < -0.4 is 0 Å². The number of aryl methyl sites for hydroxylation is 1. The van der Waals surface area contributed by atoms with Crippen LogP contribution in [0, 0.1) is 5.82 Å². The average molecular weight is 299 g/mol. The molecule has 19 heavy (non-hydrogen) atoms. The van der Waals surface area contributed by atoms with Gasteiger partial charge >= 0.3 is 0 Å². The van der Waals surface area contributed by atoms with Gasteiger partial charge in [-0.3, -0.25) is 9.25 Å². The number of fused-ring (bicyclic) bond motifs is 1. The van der Waals surface area contributed by atoms with Gasteiger partial charge in [0.1, 0.15) is 11.6 Å². The topological polar surface area (TPSA) is 35.6 Å². The Labute approximate surface area is 118 Å². The highest BCUT2D eigenvalue weighted by molar-refractivity contribution is 6.31. The number of hydrogen-bond donors (Lipinski definition) is 0. The van der Waals surface area contributed by atoms with Gasteiger partial charge in [-0.2, -0.15) is 5.10 Å². The second kappa shape index (κ2) is 4.51. The summed E-state index contributed by atoms with van der Waals surface area (Å²) in [4.78, 5) is 4.31. The van der Waals surface area contributed by atoms with Crippen molar-refractivity contribution in [3.05, 3.63) is 41.2 Å². The molecule has 2 heterocycles. The quantitative estimate of drug-likeness (QED) is 0.681. The fraction of sp³-hybridized carbons (Fsp3) is 0.167. The second-order valence-corrected chi connectivity index (χ2v) is 4.80. The minimum absolute atomic E-state index is 0.0543. The normalized spacial score (nSPS) is 11.4. The number of hydrogen-bond acceptors (Lipinski definition) is 2. The van der Waals surface area contributed by atoms with Crippen molar-refractivity contribution >= 4 is 34.2 Å². The molecule has 7 heteroatoms. The highest BCUT2D eigenvalue weighted by Gasteiger charge is 2.15. The van der Waals surface area contributed by atoms with Gasteiger partial charge in [0.05, 0.1) is 33.8 Å². The molecule has 1 aromatic carbocycles. The van der Waals surface area contributed by atoms with Crippen LogP contribution in [0.3, 0.4) is 0 Å². The molecule has 2 aromatic heterocycles. The molecule has 0 atom stereocenters. The molecule has 0 N–H and O–H groups in total. The van der Waals surface area contributed by atoms with E-state index in [1.54, 1.807) is 16.9 Å². The SMILES string of the molecule is Cn1cc(-n2c(CCl)nc3cc(F)c(Cl)cc32)cn1. The molecule has 0 fully saturated rings. The molecule has 4 nitrogen and oxygen atoms in total. The maximum absolute atomic E-state index is 13.5. The number of rotatable bonds is 2. The van der Waals surface area contributed by atoms with E-state index >= 15 is 0 Å². The van der Waals surface area contributed by atoms with Gasteiger partial charge < -0.3 is 0 Å². The summed E-state index contributed by atoms with van der Waals surface area (Å²) in [7, 11) is 1.82. The van der Waals surface area contributed by atoms with Crippen molar-refractivity contribution in [2.75, 3.05) is 0 Å². The number of nitrogens with zero attached hydrogens (tertiary/aromatic N) is 4. The lowest BCUT2D eigenvalue weighted by Crippen LogP contribution is -1.98. The molecule has 0 bridgehead atoms. The third kappa shape index (κ3) is 1.99. The fourth-order valence-corrected chi connectivity index (χ4v) is 2.36. The van der Waals surface area contributed by atoms with Crippen molar-refractivity contribution in [3.63, 3.8) is 0 Å². The molecule has 0 saturated carbocycles. The van der Waals surface area contributed by atoms with Crippen LogP contribution in [0.1, 0.15) is 5.82 Å². The Bertz CT molecular complexity index is 763. The van der Waals surface area contributed by atoms with Crippen molar-refractivity contribution in [1.82, 2.24) is 19.3 Å². The first-order valence-corrected chi connectivity index (χ1v) is 6.42. The molecule has 0 amide bonds. The summed E-state index contributed by atoms with van der Waals surface area (Å²) in [5.41, 5.74) is 2.03. The molecule has 3 rings (SSSR count). The van der Waals surface area contributed by atoms with Crippen LogP contribution in [-0.2, 0) is 12.9 Å². The van der Waals surface area contributed by atoms with Crippen LogP contribution >= 0.6 is 23.2 Å². The zero-order chi connectivity index (χ0) is 13.6. The monoisotopic (exact) mass is 298 g/mol. The van der Waals surface area contributed by atoms with Gasteiger partial charge in [0.15, 0.2) is 0 Å². The largest absolute Gasteiger partial charge is 0.292 e. The lowest BCUT2D eigenvalue weighted by Gasteiger charge is -2.04. The highest BCUT2D eigenvalue weighted by Crippen LogP contribution is 2.27. The van der Waals surface area contributed by atoms with Crippen LogP contribution in [0.2, 0.25) is 5.02 Å². The molecule has 0 unspecified atom stereocenters. The van der Waals surface area contributed by atoms with Crippen molar-refractivity contribution in [2.24, 2.45) is 7.05 Å². The lowest BCUT2D eigenvalue weighted by molar-refractivity contribution is 0.630. The summed E-state index contributed by atoms with van der Waals surface area (Å²) in [6.07, 6.45) is 3.52. The fourth-order valence-electron chi connectivity index (χ4n) is 2.02. The average Bonchev–Trinajstić information content (AvgIpc) is 2.93. The van der Waals surface area contributed by atoms with Crippen LogP contribution in [-0.4, -0.2) is 19.3 Å². The van der Waals surface area contributed by atoms with Gasteiger partial charge in [0.2, 0.25) is 0 Å². The molecule has 0 aliphatic heterocycles. The third-order valence-electron chi connectivity index (χ3n) is 2.83. The van der Waals surface area contributed by atoms with Crippen molar-refractivity contribution in [1.29, 1.82) is 0 Å². The Morgan fingerprint density at radius 2 is 2.16 bits per heavy atom. The Hall–Kier alpha value is -1.59. The minimum atomic E-state index is -0.494. The van der Waals surface area contributed by atoms with Crippen LogP contribution in [0.15, 0.2) is 24.5 Å². The van der Waals surface area contributed by atoms with E-state index in [0.717, 1.165) is 5.69 Å². The Morgan fingerprint density at radius 1 is 1.37 bits per heavy atom. The predicted molar refractivity (Wildman–Crippen MR) is 72.4 cm³/mol. The first-order chi connectivity index (χ1) is 9.10. The molecule has 98 valence electrons. The standard InChI is InChI=1S/C12H9Cl2FN4/c1-18-6-7(5-16-18)19-11-2-8(14)9(15)3-10(11)17-12(19)4-13/h2-3,5-6H,4H2,1H3. The molecule has 0 spiro atoms. The van der Waals surface area contributed by atoms with E-state index in [-0.39, 0.29) is 10.9 Å². The summed E-state index contributed by atoms with van der Waals surface area (Å²) in [6, 6.07) is 2.85. The number of aromatic nitrogens is 4. The van der Waals surface area contributed by atoms with E-state index in [1.807, 2.05) is 17.8 Å². The maximum atomic E-state index is 13.5. The van der Waals surface area contributed by atoms with Crippen LogP contribution in [0.25, 0.3) is 16.7 Å². The van der Waals surface area contributed by atoms with Gasteiger partial charge in [0.25, 0.3) is 0 Å². The van der Waals surface area contributed by atoms with Crippen molar-refractivity contribution in [3.8, 4) is 5.69 Å². The molecular formula is C12H9Cl2FN4. The van der Waals surface area contributed by atoms with Crippen LogP contribution in [0.5, 0.6) is 0 Å². The zero-order valence-corrected chi connectivity index (χ0v) is 11.5. The Morgan fingerprint density at radius 3 is 2.79 bits per heavy atom. The molecule has 0 radical (unpaired) electrons. The zero-order valence-electron chi connectivity index (χ0n) is 9.94. The van der Waals surface area contributed by atoms with Crippen molar-refractivity contribution in [2.45, 2.75) is 5.88 Å². The molecule has 0 aliphatic carbocycles. The Kier molecular flexibility index (Phi) is 2.95. The minimum Gasteiger partial charge on any atom is -0.292 e. The van der Waals surface area contributed by atoms with Gasteiger partial charge in [-0.1, -0.05) is 11.6 Å². The summed E-state index contributed by atoms with van der Waals surface area (Å²) >= 11 is 11.7. The summed E-state index contributed by atoms with van der Waals surface area (Å²) in [5.74, 6) is 0.334. The smallest absolute Gasteiger partial charge is 0.144 e. The number of benzene rings is 1. The maximum Gasteiger partial charge on any atom is 0.144 e. The first kappa shape index (κ1) is 12.4. The van der Waals surface area contributed by atoms with Crippen LogP contribution in [0.4, 0.5) is 4.39 Å². The van der Waals surface area contributed by atoms with E-state index in [9.17, 15) is 4.39 Å². The van der Waals surface area contributed by atoms with Gasteiger partial charge in [-0.05, 0) is 6.07 Å². The lowest BCUT2D eigenvalue weighted by atomic mass is 10.3. The summed E-state index contributed by atoms with van der Waals surface area (Å²) < 4.78 is 17.0. The van der Waals surface area contributed by atoms with Gasteiger partial charge in [-0.25, -0.2) is 9.37 Å². The molecular weight excluding hydrogens is 290 g/mol. The van der Waals surface area contributed by atoms with E-state index in [0.29, 0.717) is 16.9 Å². The summed E-state index contributed by atoms with van der Waals surface area (Å²) in [6.45, 7) is 0. The Balaban J connectivity index is 2.35. The number of halogens is 3. The molecule has 3 aromatic rings. The molecule has 0 aliphatic rings. The predicted octanol–water partition coefficient (Wildman–Crippen LogP) is 3.29. The van der Waals surface area contributed by atoms with Crippen molar-refractivity contribution < 1.29 is 4.39 Å². The second-order valence-electron chi connectivity index (χ2n) is 4.12. The first-order valence-electron chi connectivity index (χ1n) is 5.51. The van der Waals surface area contributed by atoms with E-state index in [1.165, 1.54) is 6.07 Å². The van der Waals surface area contributed by atoms with E-state index in [2.05, 4.69) is 10.1 Å². The number of imidazole rings is 1. The molecule has 0 saturated heterocycles.